The molecule has 0 bridgehead atoms. The van der Waals surface area contributed by atoms with Gasteiger partial charge in [-0.1, -0.05) is 0 Å². The number of rotatable bonds is 6. The molecule has 0 aliphatic carbocycles. The van der Waals surface area contributed by atoms with Crippen molar-refractivity contribution in [1.29, 1.82) is 0 Å². The number of ether oxygens (including phenoxy) is 1. The van der Waals surface area contributed by atoms with Crippen molar-refractivity contribution in [3.05, 3.63) is 42.9 Å². The fourth-order valence-electron chi connectivity index (χ4n) is 2.27. The Bertz CT molecular complexity index is 807. The quantitative estimate of drug-likeness (QED) is 0.530. The number of nitrogens with one attached hydrogen (secondary N) is 1. The van der Waals surface area contributed by atoms with Gasteiger partial charge in [-0.05, 0) is 31.2 Å². The van der Waals surface area contributed by atoms with E-state index in [1.165, 1.54) is 0 Å². The average Bonchev–Trinajstić information content (AvgIpc) is 3.08. The number of aryl methyl sites for hydroxylation is 1. The average molecular weight is 331 g/mol. The Morgan fingerprint density at radius 3 is 2.96 bits per heavy atom. The van der Waals surface area contributed by atoms with E-state index in [-0.39, 0.29) is 0 Å². The van der Waals surface area contributed by atoms with Crippen LogP contribution in [-0.2, 0) is 6.54 Å². The van der Waals surface area contributed by atoms with E-state index in [2.05, 4.69) is 14.7 Å². The summed E-state index contributed by atoms with van der Waals surface area (Å²) in [6.45, 7) is 2.71. The summed E-state index contributed by atoms with van der Waals surface area (Å²) < 4.78 is 11.3. The predicted octanol–water partition coefficient (Wildman–Crippen LogP) is 3.33. The SMILES string of the molecule is CCn1ccnc1N(O)SNc1ccc(OC)c2cccnc12. The first kappa shape index (κ1) is 15.4. The first-order valence-corrected chi connectivity index (χ1v) is 7.86. The van der Waals surface area contributed by atoms with Crippen LogP contribution in [-0.4, -0.2) is 26.9 Å². The predicted molar refractivity (Wildman–Crippen MR) is 91.7 cm³/mol. The maximum absolute atomic E-state index is 10.2. The van der Waals surface area contributed by atoms with Crippen molar-refractivity contribution in [2.24, 2.45) is 0 Å². The van der Waals surface area contributed by atoms with Crippen LogP contribution in [0.1, 0.15) is 6.92 Å². The third kappa shape index (κ3) is 3.03. The van der Waals surface area contributed by atoms with Gasteiger partial charge < -0.3 is 14.0 Å². The number of hydrogen-bond acceptors (Lipinski definition) is 7. The van der Waals surface area contributed by atoms with Gasteiger partial charge in [0, 0.05) is 30.5 Å². The first-order chi connectivity index (χ1) is 11.2. The normalized spacial score (nSPS) is 10.7. The Hall–Kier alpha value is -2.45. The van der Waals surface area contributed by atoms with E-state index in [4.69, 9.17) is 4.74 Å². The van der Waals surface area contributed by atoms with Gasteiger partial charge in [0.2, 0.25) is 5.95 Å². The van der Waals surface area contributed by atoms with Crippen LogP contribution in [0.2, 0.25) is 0 Å². The van der Waals surface area contributed by atoms with Crippen molar-refractivity contribution in [2.45, 2.75) is 13.5 Å². The van der Waals surface area contributed by atoms with E-state index >= 15 is 0 Å². The van der Waals surface area contributed by atoms with Crippen LogP contribution in [0.3, 0.4) is 0 Å². The third-order valence-electron chi connectivity index (χ3n) is 3.40. The largest absolute Gasteiger partial charge is 0.496 e. The molecule has 23 heavy (non-hydrogen) atoms. The van der Waals surface area contributed by atoms with Gasteiger partial charge in [0.15, 0.2) is 0 Å². The Balaban J connectivity index is 1.82. The first-order valence-electron chi connectivity index (χ1n) is 7.09. The van der Waals surface area contributed by atoms with E-state index in [0.29, 0.717) is 5.95 Å². The molecule has 8 heteroatoms. The maximum atomic E-state index is 10.2. The van der Waals surface area contributed by atoms with E-state index in [1.54, 1.807) is 19.5 Å². The van der Waals surface area contributed by atoms with Crippen LogP contribution in [0.5, 0.6) is 5.75 Å². The molecule has 0 saturated heterocycles. The standard InChI is InChI=1S/C15H17N5O2S/c1-3-19-10-9-17-15(19)20(21)23-18-12-6-7-13(22-2)11-5-4-8-16-14(11)12/h4-10,18,21H,3H2,1-2H3. The zero-order chi connectivity index (χ0) is 16.2. The molecule has 0 radical (unpaired) electrons. The molecular weight excluding hydrogens is 314 g/mol. The molecular formula is C15H17N5O2S. The molecule has 0 fully saturated rings. The van der Waals surface area contributed by atoms with Crippen LogP contribution in [0.15, 0.2) is 42.9 Å². The van der Waals surface area contributed by atoms with Crippen molar-refractivity contribution >= 4 is 34.7 Å². The van der Waals surface area contributed by atoms with Gasteiger partial charge >= 0.3 is 0 Å². The molecule has 2 N–H and O–H groups in total. The molecule has 3 aromatic rings. The number of anilines is 2. The van der Waals surface area contributed by atoms with Crippen LogP contribution in [0.4, 0.5) is 11.6 Å². The second-order valence-electron chi connectivity index (χ2n) is 4.69. The monoisotopic (exact) mass is 331 g/mol. The molecule has 0 aliphatic rings. The smallest absolute Gasteiger partial charge is 0.242 e. The van der Waals surface area contributed by atoms with Crippen molar-refractivity contribution in [3.8, 4) is 5.75 Å². The number of methoxy groups -OCH3 is 1. The van der Waals surface area contributed by atoms with Gasteiger partial charge in [0.05, 0.1) is 30.4 Å². The Morgan fingerprint density at radius 2 is 2.17 bits per heavy atom. The molecule has 0 atom stereocenters. The number of aromatic nitrogens is 3. The molecule has 2 heterocycles. The minimum Gasteiger partial charge on any atom is -0.496 e. The fourth-order valence-corrected chi connectivity index (χ4v) is 2.85. The topological polar surface area (TPSA) is 75.4 Å². The summed E-state index contributed by atoms with van der Waals surface area (Å²) in [5.74, 6) is 1.21. The highest BCUT2D eigenvalue weighted by molar-refractivity contribution is 8.01. The molecule has 7 nitrogen and oxygen atoms in total. The molecule has 0 saturated carbocycles. The molecule has 2 aromatic heterocycles. The van der Waals surface area contributed by atoms with E-state index < -0.39 is 0 Å². The summed E-state index contributed by atoms with van der Waals surface area (Å²) in [5, 5.41) is 11.1. The number of benzene rings is 1. The van der Waals surface area contributed by atoms with Crippen molar-refractivity contribution in [1.82, 2.24) is 14.5 Å². The van der Waals surface area contributed by atoms with Gasteiger partial charge in [-0.2, -0.15) is 0 Å². The third-order valence-corrected chi connectivity index (χ3v) is 4.04. The number of nitrogens with zero attached hydrogens (tertiary/aromatic N) is 4. The van der Waals surface area contributed by atoms with Gasteiger partial charge in [-0.3, -0.25) is 10.2 Å². The zero-order valence-corrected chi connectivity index (χ0v) is 13.6. The Labute approximate surface area is 138 Å². The molecule has 0 unspecified atom stereocenters. The second kappa shape index (κ2) is 6.76. The summed E-state index contributed by atoms with van der Waals surface area (Å²) in [4.78, 5) is 8.52. The van der Waals surface area contributed by atoms with Gasteiger partial charge in [-0.15, -0.1) is 4.47 Å². The highest BCUT2D eigenvalue weighted by Gasteiger charge is 2.13. The van der Waals surface area contributed by atoms with Crippen molar-refractivity contribution < 1.29 is 9.94 Å². The minimum atomic E-state index is 0.454. The Kier molecular flexibility index (Phi) is 4.54. The molecule has 3 rings (SSSR count). The highest BCUT2D eigenvalue weighted by atomic mass is 32.2. The molecule has 0 spiro atoms. The minimum absolute atomic E-state index is 0.454. The summed E-state index contributed by atoms with van der Waals surface area (Å²) in [5.41, 5.74) is 1.55. The lowest BCUT2D eigenvalue weighted by Gasteiger charge is -2.17. The molecule has 1 aromatic carbocycles. The van der Waals surface area contributed by atoms with Crippen molar-refractivity contribution in [2.75, 3.05) is 16.3 Å². The van der Waals surface area contributed by atoms with Gasteiger partial charge in [-0.25, -0.2) is 4.98 Å². The molecule has 0 aliphatic heterocycles. The highest BCUT2D eigenvalue weighted by Crippen LogP contribution is 2.31. The van der Waals surface area contributed by atoms with Crippen LogP contribution in [0.25, 0.3) is 10.9 Å². The zero-order valence-electron chi connectivity index (χ0n) is 12.8. The fraction of sp³-hybridized carbons (Fsp3) is 0.200. The van der Waals surface area contributed by atoms with Crippen LogP contribution in [0, 0.1) is 0 Å². The summed E-state index contributed by atoms with van der Waals surface area (Å²) in [7, 11) is 1.63. The summed E-state index contributed by atoms with van der Waals surface area (Å²) in [6, 6.07) is 7.53. The summed E-state index contributed by atoms with van der Waals surface area (Å²) >= 11 is 1.02. The van der Waals surface area contributed by atoms with Crippen LogP contribution >= 0.6 is 12.1 Å². The van der Waals surface area contributed by atoms with Crippen LogP contribution < -0.4 is 13.9 Å². The number of pyridine rings is 1. The van der Waals surface area contributed by atoms with Gasteiger partial charge in [0.25, 0.3) is 0 Å². The van der Waals surface area contributed by atoms with E-state index in [0.717, 1.165) is 45.5 Å². The number of imidazole rings is 1. The van der Waals surface area contributed by atoms with E-state index in [9.17, 15) is 5.21 Å². The molecule has 120 valence electrons. The lowest BCUT2D eigenvalue weighted by molar-refractivity contribution is 0.321. The number of hydrogen-bond donors (Lipinski definition) is 2. The maximum Gasteiger partial charge on any atom is 0.242 e. The number of fused-ring (bicyclic) bond motifs is 1. The van der Waals surface area contributed by atoms with Gasteiger partial charge in [0.1, 0.15) is 5.75 Å². The van der Waals surface area contributed by atoms with E-state index in [1.807, 2.05) is 42.0 Å². The molecule has 0 amide bonds. The summed E-state index contributed by atoms with van der Waals surface area (Å²) in [6.07, 6.45) is 5.18. The second-order valence-corrected chi connectivity index (χ2v) is 5.43. The Morgan fingerprint density at radius 1 is 1.30 bits per heavy atom. The van der Waals surface area contributed by atoms with Crippen molar-refractivity contribution in [3.63, 3.8) is 0 Å². The lowest BCUT2D eigenvalue weighted by atomic mass is 10.2. The lowest BCUT2D eigenvalue weighted by Crippen LogP contribution is -2.16.